The molecule has 2 aromatic rings. The molecule has 0 saturated heterocycles. The molecule has 0 radical (unpaired) electrons. The number of rotatable bonds is 9. The first-order chi connectivity index (χ1) is 17.3. The van der Waals surface area contributed by atoms with E-state index in [0.29, 0.717) is 23.6 Å². The number of amides is 2. The van der Waals surface area contributed by atoms with Gasteiger partial charge < -0.3 is 20.1 Å². The number of esters is 1. The van der Waals surface area contributed by atoms with Gasteiger partial charge in [0.05, 0.1) is 41.2 Å². The predicted octanol–water partition coefficient (Wildman–Crippen LogP) is 4.41. The van der Waals surface area contributed by atoms with Crippen LogP contribution in [0.25, 0.3) is 0 Å². The van der Waals surface area contributed by atoms with Gasteiger partial charge in [0.25, 0.3) is 0 Å². The minimum Gasteiger partial charge on any atom is -0.492 e. The molecule has 0 aliphatic carbocycles. The molecule has 1 aliphatic rings. The van der Waals surface area contributed by atoms with Crippen LogP contribution in [0.4, 0.5) is 5.69 Å². The van der Waals surface area contributed by atoms with Crippen molar-refractivity contribution in [3.05, 3.63) is 69.2 Å². The van der Waals surface area contributed by atoms with Crippen molar-refractivity contribution >= 4 is 46.8 Å². The van der Waals surface area contributed by atoms with Gasteiger partial charge in [0, 0.05) is 11.6 Å². The lowest BCUT2D eigenvalue weighted by Gasteiger charge is -2.31. The van der Waals surface area contributed by atoms with E-state index in [1.807, 2.05) is 38.1 Å². The lowest BCUT2D eigenvalue weighted by atomic mass is 9.78. The number of thioether (sulfide) groups is 1. The van der Waals surface area contributed by atoms with Gasteiger partial charge in [0.15, 0.2) is 0 Å². The Bertz CT molecular complexity index is 1220. The van der Waals surface area contributed by atoms with Gasteiger partial charge in [-0.15, -0.1) is 0 Å². The number of methoxy groups -OCH3 is 1. The van der Waals surface area contributed by atoms with Crippen LogP contribution in [0, 0.1) is 17.2 Å². The number of benzene rings is 2. The highest BCUT2D eigenvalue weighted by atomic mass is 35.5. The zero-order valence-corrected chi connectivity index (χ0v) is 21.7. The molecule has 0 saturated carbocycles. The Morgan fingerprint density at radius 1 is 1.19 bits per heavy atom. The number of hydrogen-bond donors (Lipinski definition) is 2. The van der Waals surface area contributed by atoms with Crippen molar-refractivity contribution in [1.29, 1.82) is 5.26 Å². The monoisotopic (exact) mass is 527 g/mol. The third-order valence-electron chi connectivity index (χ3n) is 5.59. The largest absolute Gasteiger partial charge is 0.492 e. The van der Waals surface area contributed by atoms with Gasteiger partial charge in [0.2, 0.25) is 11.8 Å². The van der Waals surface area contributed by atoms with Gasteiger partial charge in [-0.2, -0.15) is 5.26 Å². The van der Waals surface area contributed by atoms with Crippen LogP contribution < -0.4 is 15.4 Å². The smallest absolute Gasteiger partial charge is 0.319 e. The normalized spacial score (nSPS) is 17.1. The molecule has 2 N–H and O–H groups in total. The highest BCUT2D eigenvalue weighted by molar-refractivity contribution is 8.03. The van der Waals surface area contributed by atoms with Crippen molar-refractivity contribution < 1.29 is 23.9 Å². The first-order valence-electron chi connectivity index (χ1n) is 11.3. The number of ether oxygens (including phenoxy) is 2. The van der Waals surface area contributed by atoms with Crippen LogP contribution in [-0.4, -0.2) is 37.3 Å². The second-order valence-corrected chi connectivity index (χ2v) is 9.23. The number of carbonyl (C=O) groups is 3. The summed E-state index contributed by atoms with van der Waals surface area (Å²) in [5.41, 5.74) is 2.41. The second kappa shape index (κ2) is 12.5. The summed E-state index contributed by atoms with van der Waals surface area (Å²) in [6, 6.07) is 14.4. The van der Waals surface area contributed by atoms with Crippen molar-refractivity contribution in [2.75, 3.05) is 24.8 Å². The summed E-state index contributed by atoms with van der Waals surface area (Å²) >= 11 is 7.36. The summed E-state index contributed by atoms with van der Waals surface area (Å²) in [6.45, 7) is 4.27. The molecule has 1 heterocycles. The van der Waals surface area contributed by atoms with Crippen LogP contribution in [-0.2, 0) is 25.5 Å². The first-order valence-corrected chi connectivity index (χ1v) is 12.7. The van der Waals surface area contributed by atoms with Crippen molar-refractivity contribution in [2.24, 2.45) is 5.92 Å². The predicted molar refractivity (Wildman–Crippen MR) is 139 cm³/mol. The maximum Gasteiger partial charge on any atom is 0.319 e. The molecule has 0 fully saturated rings. The molecular weight excluding hydrogens is 502 g/mol. The number of nitriles is 1. The number of hydrogen-bond acceptors (Lipinski definition) is 7. The highest BCUT2D eigenvalue weighted by Gasteiger charge is 2.44. The fraction of sp³-hybridized carbons (Fsp3) is 0.308. The van der Waals surface area contributed by atoms with E-state index >= 15 is 0 Å². The quantitative estimate of drug-likeness (QED) is 0.366. The van der Waals surface area contributed by atoms with E-state index in [2.05, 4.69) is 16.7 Å². The fourth-order valence-electron chi connectivity index (χ4n) is 3.82. The Morgan fingerprint density at radius 2 is 1.92 bits per heavy atom. The van der Waals surface area contributed by atoms with E-state index in [0.717, 1.165) is 23.7 Å². The van der Waals surface area contributed by atoms with Crippen LogP contribution >= 0.6 is 23.4 Å². The molecule has 0 bridgehead atoms. The number of nitrogens with zero attached hydrogens (tertiary/aromatic N) is 1. The van der Waals surface area contributed by atoms with E-state index in [1.54, 1.807) is 18.2 Å². The van der Waals surface area contributed by atoms with Crippen molar-refractivity contribution in [3.8, 4) is 11.8 Å². The van der Waals surface area contributed by atoms with Crippen LogP contribution in [0.15, 0.2) is 53.1 Å². The Labute approximate surface area is 219 Å². The number of aryl methyl sites for hydroxylation is 1. The first kappa shape index (κ1) is 27.1. The fourth-order valence-corrected chi connectivity index (χ4v) is 4.91. The number of carbonyl (C=O) groups excluding carboxylic acids is 3. The Morgan fingerprint density at radius 3 is 2.50 bits per heavy atom. The topological polar surface area (TPSA) is 118 Å². The molecule has 2 aromatic carbocycles. The highest BCUT2D eigenvalue weighted by Crippen LogP contribution is 2.42. The minimum atomic E-state index is -1.30. The lowest BCUT2D eigenvalue weighted by Crippen LogP contribution is -2.44. The van der Waals surface area contributed by atoms with Gasteiger partial charge in [-0.1, -0.05) is 48.5 Å². The Kier molecular flexibility index (Phi) is 9.39. The molecule has 36 heavy (non-hydrogen) atoms. The van der Waals surface area contributed by atoms with E-state index in [4.69, 9.17) is 21.1 Å². The van der Waals surface area contributed by atoms with E-state index in [1.165, 1.54) is 7.11 Å². The molecule has 2 atom stereocenters. The number of allylic oxidation sites excluding steroid dienone is 1. The average Bonchev–Trinajstić information content (AvgIpc) is 2.88. The van der Waals surface area contributed by atoms with Crippen molar-refractivity contribution in [1.82, 2.24) is 5.32 Å². The summed E-state index contributed by atoms with van der Waals surface area (Å²) < 4.78 is 10.3. The standard InChI is InChI=1S/C26H26ClN3O5S/c1-4-15-6-9-17(10-7-15)29-21(31)14-36-25-18(13-28)22(23(24(32)30-25)26(33)34-3)16-8-11-20(35-5-2)19(27)12-16/h6-12,22-23H,4-5,14H2,1-3H3,(H,29,31)(H,30,32)/t22-,23-/m0/s1. The zero-order valence-electron chi connectivity index (χ0n) is 20.1. The van der Waals surface area contributed by atoms with Crippen molar-refractivity contribution in [2.45, 2.75) is 26.2 Å². The molecule has 3 rings (SSSR count). The Balaban J connectivity index is 1.89. The van der Waals surface area contributed by atoms with E-state index < -0.39 is 23.7 Å². The maximum atomic E-state index is 13.0. The molecule has 10 heteroatoms. The molecule has 1 aliphatic heterocycles. The number of anilines is 1. The summed E-state index contributed by atoms with van der Waals surface area (Å²) in [4.78, 5) is 38.1. The molecule has 0 unspecified atom stereocenters. The van der Waals surface area contributed by atoms with Crippen LogP contribution in [0.1, 0.15) is 30.9 Å². The molecule has 8 nitrogen and oxygen atoms in total. The number of halogens is 1. The molecule has 188 valence electrons. The SMILES string of the molecule is CCOc1ccc([C@H]2C(C#N)=C(SCC(=O)Nc3ccc(CC)cc3)NC(=O)[C@H]2C(=O)OC)cc1Cl. The summed E-state index contributed by atoms with van der Waals surface area (Å²) in [6.07, 6.45) is 0.891. The summed E-state index contributed by atoms with van der Waals surface area (Å²) in [7, 11) is 1.18. The Hall–Kier alpha value is -3.48. The molecule has 0 spiro atoms. The third-order valence-corrected chi connectivity index (χ3v) is 6.90. The molecular formula is C26H26ClN3O5S. The van der Waals surface area contributed by atoms with Gasteiger partial charge in [-0.3, -0.25) is 14.4 Å². The molecule has 2 amide bonds. The van der Waals surface area contributed by atoms with Gasteiger partial charge >= 0.3 is 5.97 Å². The zero-order chi connectivity index (χ0) is 26.2. The average molecular weight is 528 g/mol. The summed E-state index contributed by atoms with van der Waals surface area (Å²) in [5.74, 6) is -3.58. The summed E-state index contributed by atoms with van der Waals surface area (Å²) in [5, 5.41) is 15.9. The molecule has 0 aromatic heterocycles. The van der Waals surface area contributed by atoms with Crippen molar-refractivity contribution in [3.63, 3.8) is 0 Å². The van der Waals surface area contributed by atoms with Crippen LogP contribution in [0.3, 0.4) is 0 Å². The van der Waals surface area contributed by atoms with E-state index in [-0.39, 0.29) is 27.3 Å². The van der Waals surface area contributed by atoms with Gasteiger partial charge in [-0.05, 0) is 48.7 Å². The van der Waals surface area contributed by atoms with Crippen LogP contribution in [0.5, 0.6) is 5.75 Å². The minimum absolute atomic E-state index is 0.0596. The second-order valence-electron chi connectivity index (χ2n) is 7.83. The van der Waals surface area contributed by atoms with Crippen LogP contribution in [0.2, 0.25) is 5.02 Å². The third kappa shape index (κ3) is 6.20. The number of nitrogens with one attached hydrogen (secondary N) is 2. The van der Waals surface area contributed by atoms with Gasteiger partial charge in [0.1, 0.15) is 11.7 Å². The van der Waals surface area contributed by atoms with E-state index in [9.17, 15) is 19.6 Å². The van der Waals surface area contributed by atoms with Gasteiger partial charge in [-0.25, -0.2) is 0 Å². The lowest BCUT2D eigenvalue weighted by molar-refractivity contribution is -0.150. The maximum absolute atomic E-state index is 13.0.